The molecule has 1 N–H and O–H groups in total. The van der Waals surface area contributed by atoms with E-state index in [0.717, 1.165) is 35.6 Å². The maximum atomic E-state index is 12.2. The second kappa shape index (κ2) is 8.43. The predicted octanol–water partition coefficient (Wildman–Crippen LogP) is 3.15. The highest BCUT2D eigenvalue weighted by Crippen LogP contribution is 2.37. The zero-order chi connectivity index (χ0) is 18.5. The maximum absolute atomic E-state index is 12.2. The fraction of sp³-hybridized carbons (Fsp3) is 0.600. The van der Waals surface area contributed by atoms with Crippen molar-refractivity contribution in [3.63, 3.8) is 0 Å². The third-order valence-electron chi connectivity index (χ3n) is 4.88. The molecule has 0 aliphatic heterocycles. The first-order valence-electron chi connectivity index (χ1n) is 9.63. The van der Waals surface area contributed by atoms with Crippen LogP contribution in [0.25, 0.3) is 0 Å². The van der Waals surface area contributed by atoms with Crippen molar-refractivity contribution >= 4 is 5.91 Å². The molecule has 2 aromatic heterocycles. The molecule has 1 aliphatic carbocycles. The summed E-state index contributed by atoms with van der Waals surface area (Å²) in [6.45, 7) is 7.01. The number of nitrogens with one attached hydrogen (secondary N) is 1. The van der Waals surface area contributed by atoms with Crippen LogP contribution in [0.4, 0.5) is 0 Å². The SMILES string of the molecule is Cc1cnccc1CNC(=O)CCc1nnc(CCC(C)C)n1C1CC1. The van der Waals surface area contributed by atoms with Gasteiger partial charge in [-0.05, 0) is 49.3 Å². The number of carbonyl (C=O) groups is 1. The zero-order valence-corrected chi connectivity index (χ0v) is 16.0. The Labute approximate surface area is 155 Å². The van der Waals surface area contributed by atoms with Gasteiger partial charge < -0.3 is 9.88 Å². The minimum Gasteiger partial charge on any atom is -0.352 e. The number of pyridine rings is 1. The molecule has 0 radical (unpaired) electrons. The number of carbonyl (C=O) groups excluding carboxylic acids is 1. The molecule has 6 heteroatoms. The molecule has 2 aromatic rings. The molecule has 1 amide bonds. The summed E-state index contributed by atoms with van der Waals surface area (Å²) in [4.78, 5) is 16.3. The molecule has 26 heavy (non-hydrogen) atoms. The van der Waals surface area contributed by atoms with Crippen LogP contribution >= 0.6 is 0 Å². The molecule has 0 spiro atoms. The number of rotatable bonds is 9. The lowest BCUT2D eigenvalue weighted by molar-refractivity contribution is -0.121. The van der Waals surface area contributed by atoms with Crippen LogP contribution in [-0.2, 0) is 24.2 Å². The number of amides is 1. The molecule has 2 heterocycles. The van der Waals surface area contributed by atoms with Gasteiger partial charge in [0.05, 0.1) is 0 Å². The lowest BCUT2D eigenvalue weighted by Gasteiger charge is -2.10. The summed E-state index contributed by atoms with van der Waals surface area (Å²) in [6.07, 6.45) is 9.15. The molecule has 1 aliphatic rings. The average molecular weight is 355 g/mol. The van der Waals surface area contributed by atoms with E-state index < -0.39 is 0 Å². The Kier molecular flexibility index (Phi) is 6.01. The predicted molar refractivity (Wildman–Crippen MR) is 101 cm³/mol. The van der Waals surface area contributed by atoms with Gasteiger partial charge in [0.1, 0.15) is 11.6 Å². The quantitative estimate of drug-likeness (QED) is 0.750. The van der Waals surface area contributed by atoms with Crippen molar-refractivity contribution in [1.82, 2.24) is 25.1 Å². The molecular weight excluding hydrogens is 326 g/mol. The molecule has 140 valence electrons. The normalized spacial score (nSPS) is 14.0. The van der Waals surface area contributed by atoms with Crippen molar-refractivity contribution < 1.29 is 4.79 Å². The fourth-order valence-corrected chi connectivity index (χ4v) is 3.08. The highest BCUT2D eigenvalue weighted by molar-refractivity contribution is 5.76. The van der Waals surface area contributed by atoms with Crippen molar-refractivity contribution in [2.24, 2.45) is 5.92 Å². The largest absolute Gasteiger partial charge is 0.352 e. The van der Waals surface area contributed by atoms with Crippen molar-refractivity contribution in [2.45, 2.75) is 71.9 Å². The van der Waals surface area contributed by atoms with Gasteiger partial charge in [0.15, 0.2) is 0 Å². The van der Waals surface area contributed by atoms with E-state index in [1.807, 2.05) is 19.2 Å². The van der Waals surface area contributed by atoms with Crippen LogP contribution in [0.15, 0.2) is 18.5 Å². The van der Waals surface area contributed by atoms with E-state index in [1.165, 1.54) is 12.8 Å². The standard InChI is InChI=1S/C20H29N5O/c1-14(2)4-7-18-23-24-19(25(18)17-5-6-17)8-9-20(26)22-13-16-10-11-21-12-15(16)3/h10-12,14,17H,4-9,13H2,1-3H3,(H,22,26). The molecule has 1 fully saturated rings. The first kappa shape index (κ1) is 18.5. The van der Waals surface area contributed by atoms with Crippen molar-refractivity contribution in [2.75, 3.05) is 0 Å². The number of nitrogens with zero attached hydrogens (tertiary/aromatic N) is 4. The molecule has 3 rings (SSSR count). The number of hydrogen-bond acceptors (Lipinski definition) is 4. The van der Waals surface area contributed by atoms with Crippen LogP contribution in [0, 0.1) is 12.8 Å². The first-order chi connectivity index (χ1) is 12.5. The van der Waals surface area contributed by atoms with E-state index in [0.29, 0.717) is 31.3 Å². The summed E-state index contributed by atoms with van der Waals surface area (Å²) in [5, 5.41) is 11.8. The van der Waals surface area contributed by atoms with Gasteiger partial charge >= 0.3 is 0 Å². The van der Waals surface area contributed by atoms with Gasteiger partial charge in [0, 0.05) is 44.2 Å². The Morgan fingerprint density at radius 2 is 2.00 bits per heavy atom. The summed E-state index contributed by atoms with van der Waals surface area (Å²) in [6, 6.07) is 2.49. The Morgan fingerprint density at radius 1 is 1.27 bits per heavy atom. The molecular formula is C20H29N5O. The van der Waals surface area contributed by atoms with Crippen molar-refractivity contribution in [1.29, 1.82) is 0 Å². The number of aromatic nitrogens is 4. The highest BCUT2D eigenvalue weighted by atomic mass is 16.1. The summed E-state index contributed by atoms with van der Waals surface area (Å²) < 4.78 is 2.29. The summed E-state index contributed by atoms with van der Waals surface area (Å²) >= 11 is 0. The number of hydrogen-bond donors (Lipinski definition) is 1. The fourth-order valence-electron chi connectivity index (χ4n) is 3.08. The summed E-state index contributed by atoms with van der Waals surface area (Å²) in [5.41, 5.74) is 2.20. The molecule has 0 aromatic carbocycles. The minimum absolute atomic E-state index is 0.0512. The smallest absolute Gasteiger partial charge is 0.220 e. The van der Waals surface area contributed by atoms with E-state index in [9.17, 15) is 4.79 Å². The summed E-state index contributed by atoms with van der Waals surface area (Å²) in [7, 11) is 0. The van der Waals surface area contributed by atoms with Crippen LogP contribution in [0.2, 0.25) is 0 Å². The van der Waals surface area contributed by atoms with Gasteiger partial charge in [-0.3, -0.25) is 9.78 Å². The molecule has 0 atom stereocenters. The maximum Gasteiger partial charge on any atom is 0.220 e. The second-order valence-electron chi connectivity index (χ2n) is 7.65. The molecule has 6 nitrogen and oxygen atoms in total. The van der Waals surface area contributed by atoms with Crippen LogP contribution in [-0.4, -0.2) is 25.7 Å². The van der Waals surface area contributed by atoms with E-state index >= 15 is 0 Å². The third kappa shape index (κ3) is 4.90. The first-order valence-corrected chi connectivity index (χ1v) is 9.63. The monoisotopic (exact) mass is 355 g/mol. The van der Waals surface area contributed by atoms with Gasteiger partial charge in [-0.1, -0.05) is 13.8 Å². The molecule has 0 saturated heterocycles. The zero-order valence-electron chi connectivity index (χ0n) is 16.0. The van der Waals surface area contributed by atoms with E-state index in [-0.39, 0.29) is 5.91 Å². The Bertz CT molecular complexity index is 748. The minimum atomic E-state index is 0.0512. The van der Waals surface area contributed by atoms with Gasteiger partial charge in [0.2, 0.25) is 5.91 Å². The average Bonchev–Trinajstić information content (AvgIpc) is 3.37. The van der Waals surface area contributed by atoms with Gasteiger partial charge in [-0.15, -0.1) is 10.2 Å². The number of aryl methyl sites for hydroxylation is 3. The van der Waals surface area contributed by atoms with Crippen LogP contribution in [0.5, 0.6) is 0 Å². The molecule has 0 unspecified atom stereocenters. The van der Waals surface area contributed by atoms with Crippen LogP contribution < -0.4 is 5.32 Å². The Balaban J connectivity index is 1.54. The van der Waals surface area contributed by atoms with Crippen molar-refractivity contribution in [3.05, 3.63) is 41.2 Å². The van der Waals surface area contributed by atoms with E-state index in [2.05, 4.69) is 38.9 Å². The highest BCUT2D eigenvalue weighted by Gasteiger charge is 2.29. The Morgan fingerprint density at radius 3 is 2.65 bits per heavy atom. The lowest BCUT2D eigenvalue weighted by atomic mass is 10.1. The topological polar surface area (TPSA) is 72.7 Å². The Hall–Kier alpha value is -2.24. The van der Waals surface area contributed by atoms with Crippen LogP contribution in [0.1, 0.15) is 68.3 Å². The van der Waals surface area contributed by atoms with E-state index in [4.69, 9.17) is 0 Å². The second-order valence-corrected chi connectivity index (χ2v) is 7.65. The van der Waals surface area contributed by atoms with Crippen molar-refractivity contribution in [3.8, 4) is 0 Å². The van der Waals surface area contributed by atoms with Gasteiger partial charge in [-0.2, -0.15) is 0 Å². The van der Waals surface area contributed by atoms with E-state index in [1.54, 1.807) is 6.20 Å². The van der Waals surface area contributed by atoms with Gasteiger partial charge in [-0.25, -0.2) is 0 Å². The van der Waals surface area contributed by atoms with Gasteiger partial charge in [0.25, 0.3) is 0 Å². The van der Waals surface area contributed by atoms with Crippen LogP contribution in [0.3, 0.4) is 0 Å². The third-order valence-corrected chi connectivity index (χ3v) is 4.88. The summed E-state index contributed by atoms with van der Waals surface area (Å²) in [5.74, 6) is 2.76. The molecule has 0 bridgehead atoms. The molecule has 1 saturated carbocycles. The lowest BCUT2D eigenvalue weighted by Crippen LogP contribution is -2.24.